The van der Waals surface area contributed by atoms with E-state index >= 15 is 0 Å². The summed E-state index contributed by atoms with van der Waals surface area (Å²) >= 11 is 5.57. The van der Waals surface area contributed by atoms with Crippen LogP contribution in [0.5, 0.6) is 0 Å². The summed E-state index contributed by atoms with van der Waals surface area (Å²) in [4.78, 5) is 11.5. The fraction of sp³-hybridized carbons (Fsp3) is 0.579. The van der Waals surface area contributed by atoms with E-state index in [9.17, 15) is 4.79 Å². The highest BCUT2D eigenvalue weighted by Crippen LogP contribution is 2.55. The molecule has 2 N–H and O–H groups in total. The largest absolute Gasteiger partial charge is 0.357 e. The number of hydrogen-bond acceptors (Lipinski definition) is 2. The van der Waals surface area contributed by atoms with E-state index in [1.54, 1.807) is 6.92 Å². The van der Waals surface area contributed by atoms with Crippen LogP contribution in [0.1, 0.15) is 55.8 Å². The van der Waals surface area contributed by atoms with Crippen molar-refractivity contribution in [2.45, 2.75) is 51.0 Å². The van der Waals surface area contributed by atoms with Gasteiger partial charge in [0.05, 0.1) is 0 Å². The van der Waals surface area contributed by atoms with E-state index < -0.39 is 0 Å². The van der Waals surface area contributed by atoms with Crippen LogP contribution < -0.4 is 10.6 Å². The van der Waals surface area contributed by atoms with E-state index in [1.807, 2.05) is 24.3 Å². The number of Topliss-reactive ketones (excluding diaryl/α,β-unsaturated/α-hetero) is 1. The van der Waals surface area contributed by atoms with Crippen molar-refractivity contribution in [1.29, 1.82) is 0 Å². The first-order valence-corrected chi connectivity index (χ1v) is 9.12. The van der Waals surface area contributed by atoms with Crippen LogP contribution in [0.15, 0.2) is 24.3 Å². The topological polar surface area (TPSA) is 41.1 Å². The Morgan fingerprint density at radius 3 is 2.30 bits per heavy atom. The SMILES string of the molecule is CC(=O)c1cccc(NC(=S)NC23CC4CC(CC(C4)C2)C3)c1. The maximum Gasteiger partial charge on any atom is 0.171 e. The first kappa shape index (κ1) is 15.1. The Hall–Kier alpha value is -1.42. The minimum absolute atomic E-state index is 0.0774. The van der Waals surface area contributed by atoms with Crippen LogP contribution in [0.4, 0.5) is 5.69 Å². The standard InChI is InChI=1S/C19H24N2OS/c1-12(22)16-3-2-4-17(8-16)20-18(23)21-19-9-13-5-14(10-19)7-15(6-13)11-19/h2-4,8,13-15H,5-7,9-11H2,1H3,(H2,20,21,23). The predicted molar refractivity (Wildman–Crippen MR) is 96.7 cm³/mol. The highest BCUT2D eigenvalue weighted by molar-refractivity contribution is 7.80. The van der Waals surface area contributed by atoms with Crippen molar-refractivity contribution >= 4 is 28.8 Å². The average molecular weight is 328 g/mol. The molecule has 122 valence electrons. The van der Waals surface area contributed by atoms with Crippen LogP contribution in [0.25, 0.3) is 0 Å². The van der Waals surface area contributed by atoms with Gasteiger partial charge in [-0.1, -0.05) is 12.1 Å². The Kier molecular flexibility index (Phi) is 3.67. The molecular weight excluding hydrogens is 304 g/mol. The van der Waals surface area contributed by atoms with Crippen molar-refractivity contribution in [3.8, 4) is 0 Å². The van der Waals surface area contributed by atoms with Crippen molar-refractivity contribution in [3.05, 3.63) is 29.8 Å². The molecule has 4 saturated carbocycles. The van der Waals surface area contributed by atoms with Gasteiger partial charge in [-0.2, -0.15) is 0 Å². The number of ketones is 1. The molecule has 5 rings (SSSR count). The second kappa shape index (κ2) is 5.59. The molecule has 23 heavy (non-hydrogen) atoms. The molecule has 0 saturated heterocycles. The molecule has 0 unspecified atom stereocenters. The zero-order valence-corrected chi connectivity index (χ0v) is 14.4. The van der Waals surface area contributed by atoms with E-state index in [4.69, 9.17) is 12.2 Å². The molecule has 4 aliphatic carbocycles. The molecule has 4 bridgehead atoms. The van der Waals surface area contributed by atoms with Gasteiger partial charge in [0.25, 0.3) is 0 Å². The molecule has 0 amide bonds. The van der Waals surface area contributed by atoms with Gasteiger partial charge in [-0.05, 0) is 87.6 Å². The van der Waals surface area contributed by atoms with Crippen molar-refractivity contribution in [2.75, 3.05) is 5.32 Å². The van der Waals surface area contributed by atoms with Gasteiger partial charge in [0, 0.05) is 16.8 Å². The van der Waals surface area contributed by atoms with Crippen LogP contribution in [0.3, 0.4) is 0 Å². The molecule has 1 aromatic carbocycles. The molecule has 0 atom stereocenters. The monoisotopic (exact) mass is 328 g/mol. The van der Waals surface area contributed by atoms with Gasteiger partial charge in [0.2, 0.25) is 0 Å². The van der Waals surface area contributed by atoms with Gasteiger partial charge in [0.15, 0.2) is 10.9 Å². The minimum Gasteiger partial charge on any atom is -0.357 e. The number of nitrogens with one attached hydrogen (secondary N) is 2. The lowest BCUT2D eigenvalue weighted by atomic mass is 9.53. The smallest absolute Gasteiger partial charge is 0.171 e. The molecule has 0 aliphatic heterocycles. The molecule has 0 heterocycles. The normalized spacial score (nSPS) is 34.2. The van der Waals surface area contributed by atoms with Gasteiger partial charge in [-0.3, -0.25) is 4.79 Å². The summed E-state index contributed by atoms with van der Waals surface area (Å²) in [6.45, 7) is 1.59. The van der Waals surface area contributed by atoms with E-state index in [1.165, 1.54) is 38.5 Å². The molecular formula is C19H24N2OS. The second-order valence-corrected chi connectivity index (χ2v) is 8.32. The number of carbonyl (C=O) groups is 1. The first-order valence-electron chi connectivity index (χ1n) is 8.71. The second-order valence-electron chi connectivity index (χ2n) is 7.91. The molecule has 0 aromatic heterocycles. The van der Waals surface area contributed by atoms with Crippen LogP contribution in [-0.2, 0) is 0 Å². The highest BCUT2D eigenvalue weighted by Gasteiger charge is 2.51. The Bertz CT molecular complexity index is 619. The molecule has 0 radical (unpaired) electrons. The van der Waals surface area contributed by atoms with Crippen LogP contribution in [0, 0.1) is 17.8 Å². The van der Waals surface area contributed by atoms with E-state index in [0.29, 0.717) is 10.7 Å². The number of anilines is 1. The Morgan fingerprint density at radius 1 is 1.13 bits per heavy atom. The molecule has 0 spiro atoms. The lowest BCUT2D eigenvalue weighted by Gasteiger charge is -2.57. The third-order valence-corrected chi connectivity index (χ3v) is 6.15. The fourth-order valence-electron chi connectivity index (χ4n) is 5.48. The van der Waals surface area contributed by atoms with Crippen LogP contribution >= 0.6 is 12.2 Å². The van der Waals surface area contributed by atoms with Gasteiger partial charge in [-0.25, -0.2) is 0 Å². The van der Waals surface area contributed by atoms with E-state index in [-0.39, 0.29) is 11.3 Å². The number of rotatable bonds is 3. The molecule has 1 aromatic rings. The molecule has 4 heteroatoms. The lowest BCUT2D eigenvalue weighted by Crippen LogP contribution is -2.60. The fourth-order valence-corrected chi connectivity index (χ4v) is 5.82. The van der Waals surface area contributed by atoms with Gasteiger partial charge >= 0.3 is 0 Å². The van der Waals surface area contributed by atoms with E-state index in [2.05, 4.69) is 10.6 Å². The van der Waals surface area contributed by atoms with Crippen LogP contribution in [0.2, 0.25) is 0 Å². The van der Waals surface area contributed by atoms with Gasteiger partial charge in [-0.15, -0.1) is 0 Å². The summed E-state index contributed by atoms with van der Waals surface area (Å²) in [6.07, 6.45) is 8.11. The number of thiocarbonyl (C=S) groups is 1. The Labute approximate surface area is 143 Å². The van der Waals surface area contributed by atoms with Gasteiger partial charge < -0.3 is 10.6 Å². The minimum atomic E-state index is 0.0774. The highest BCUT2D eigenvalue weighted by atomic mass is 32.1. The molecule has 4 aliphatic rings. The summed E-state index contributed by atoms with van der Waals surface area (Å²) < 4.78 is 0. The summed E-state index contributed by atoms with van der Waals surface area (Å²) in [7, 11) is 0. The number of carbonyl (C=O) groups excluding carboxylic acids is 1. The van der Waals surface area contributed by atoms with Gasteiger partial charge in [0.1, 0.15) is 0 Å². The maximum atomic E-state index is 11.5. The van der Waals surface area contributed by atoms with Crippen molar-refractivity contribution < 1.29 is 4.79 Å². The summed E-state index contributed by atoms with van der Waals surface area (Å²) in [6, 6.07) is 7.56. The van der Waals surface area contributed by atoms with Crippen molar-refractivity contribution in [1.82, 2.24) is 5.32 Å². The average Bonchev–Trinajstić information content (AvgIpc) is 2.45. The van der Waals surface area contributed by atoms with Crippen molar-refractivity contribution in [2.24, 2.45) is 17.8 Å². The maximum absolute atomic E-state index is 11.5. The Morgan fingerprint density at radius 2 is 1.74 bits per heavy atom. The zero-order chi connectivity index (χ0) is 16.0. The summed E-state index contributed by atoms with van der Waals surface area (Å²) in [5.41, 5.74) is 1.82. The Balaban J connectivity index is 1.44. The predicted octanol–water partition coefficient (Wildman–Crippen LogP) is 4.14. The third-order valence-electron chi connectivity index (χ3n) is 5.94. The van der Waals surface area contributed by atoms with Crippen LogP contribution in [-0.4, -0.2) is 16.4 Å². The summed E-state index contributed by atoms with van der Waals surface area (Å²) in [5.74, 6) is 2.78. The number of benzene rings is 1. The molecule has 3 nitrogen and oxygen atoms in total. The first-order chi connectivity index (χ1) is 11.0. The van der Waals surface area contributed by atoms with Crippen molar-refractivity contribution in [3.63, 3.8) is 0 Å². The summed E-state index contributed by atoms with van der Waals surface area (Å²) in [5, 5.41) is 7.64. The quantitative estimate of drug-likeness (QED) is 0.646. The third kappa shape index (κ3) is 3.01. The number of hydrogen-bond donors (Lipinski definition) is 2. The lowest BCUT2D eigenvalue weighted by molar-refractivity contribution is -0.00972. The zero-order valence-electron chi connectivity index (χ0n) is 13.6. The van der Waals surface area contributed by atoms with E-state index in [0.717, 1.165) is 23.4 Å². The molecule has 4 fully saturated rings.